The van der Waals surface area contributed by atoms with Crippen molar-refractivity contribution >= 4 is 28.5 Å². The number of amides is 2. The molecule has 3 aromatic carbocycles. The number of primary amides is 1. The number of quaternary nitrogens is 1. The van der Waals surface area contributed by atoms with Crippen LogP contribution in [0.2, 0.25) is 0 Å². The maximum Gasteiger partial charge on any atom is 0.319 e. The zero-order chi connectivity index (χ0) is 24.3. The maximum absolute atomic E-state index is 14.0. The van der Waals surface area contributed by atoms with Crippen molar-refractivity contribution in [3.8, 4) is 5.75 Å². The second kappa shape index (κ2) is 9.72. The number of carbonyl (C=O) groups is 2. The van der Waals surface area contributed by atoms with Crippen LogP contribution in [0.15, 0.2) is 78.9 Å². The molecule has 1 aliphatic heterocycles. The molecule has 5 rings (SSSR count). The molecule has 3 N–H and O–H groups in total. The average molecular weight is 470 g/mol. The van der Waals surface area contributed by atoms with Gasteiger partial charge < -0.3 is 15.5 Å². The van der Waals surface area contributed by atoms with Gasteiger partial charge in [0.1, 0.15) is 12.4 Å². The van der Waals surface area contributed by atoms with Crippen LogP contribution in [0, 0.1) is 0 Å². The van der Waals surface area contributed by atoms with E-state index in [1.54, 1.807) is 0 Å². The Bertz CT molecular complexity index is 1320. The first-order valence-electron chi connectivity index (χ1n) is 12.0. The standard InChI is InChI=1S/C28H28N4O3/c29-28(34)24-14-8-18-32(24,27(33)17-16-26-30-21-11-4-5-12-22(21)31-26)23-13-6-7-15-25(23)35-19-20-9-2-1-3-10-20/h1-7,9-13,15,24H,8,14,16-19H2,(H2-,29,30,31,34)/p+1/t24-,32?/m0/s1. The zero-order valence-electron chi connectivity index (χ0n) is 19.5. The van der Waals surface area contributed by atoms with Crippen LogP contribution in [-0.4, -0.2) is 34.4 Å². The number of carbonyl (C=O) groups excluding carboxylic acids is 2. The number of nitrogens with zero attached hydrogens (tertiary/aromatic N) is 2. The predicted molar refractivity (Wildman–Crippen MR) is 136 cm³/mol. The molecule has 178 valence electrons. The number of para-hydroxylation sites is 4. The predicted octanol–water partition coefficient (Wildman–Crippen LogP) is 4.26. The van der Waals surface area contributed by atoms with Gasteiger partial charge in [-0.25, -0.2) is 14.3 Å². The zero-order valence-corrected chi connectivity index (χ0v) is 19.5. The van der Waals surface area contributed by atoms with Gasteiger partial charge in [0.05, 0.1) is 24.0 Å². The molecule has 2 atom stereocenters. The lowest BCUT2D eigenvalue weighted by atomic mass is 10.1. The Hall–Kier alpha value is -3.97. The highest BCUT2D eigenvalue weighted by Gasteiger charge is 2.53. The number of hydrogen-bond acceptors (Lipinski definition) is 4. The molecule has 1 fully saturated rings. The third-order valence-electron chi connectivity index (χ3n) is 6.84. The van der Waals surface area contributed by atoms with Gasteiger partial charge in [0.2, 0.25) is 0 Å². The summed E-state index contributed by atoms with van der Waals surface area (Å²) in [6, 6.07) is 24.6. The molecule has 1 aliphatic rings. The SMILES string of the molecule is NC(=O)[C@@H]1CCC[N+]1(C(=O)CCc1nc2ccccc2[nH]1)c1ccccc1OCc1ccccc1. The number of fused-ring (bicyclic) bond motifs is 1. The lowest BCUT2D eigenvalue weighted by Crippen LogP contribution is -2.61. The summed E-state index contributed by atoms with van der Waals surface area (Å²) in [5, 5.41) is 0. The van der Waals surface area contributed by atoms with E-state index >= 15 is 0 Å². The van der Waals surface area contributed by atoms with Crippen LogP contribution >= 0.6 is 0 Å². The number of nitrogens with one attached hydrogen (secondary N) is 1. The first kappa shape index (κ1) is 22.8. The lowest BCUT2D eigenvalue weighted by molar-refractivity contribution is -0.136. The first-order chi connectivity index (χ1) is 17.1. The number of benzene rings is 3. The van der Waals surface area contributed by atoms with E-state index in [1.165, 1.54) is 0 Å². The number of H-pyrrole nitrogens is 1. The molecule has 0 bridgehead atoms. The monoisotopic (exact) mass is 469 g/mol. The molecular weight excluding hydrogens is 440 g/mol. The van der Waals surface area contributed by atoms with Gasteiger partial charge in [-0.15, -0.1) is 0 Å². The minimum atomic E-state index is -0.625. The summed E-state index contributed by atoms with van der Waals surface area (Å²) >= 11 is 0. The highest BCUT2D eigenvalue weighted by atomic mass is 16.5. The van der Waals surface area contributed by atoms with Gasteiger partial charge in [-0.1, -0.05) is 54.6 Å². The third kappa shape index (κ3) is 4.42. The minimum absolute atomic E-state index is 0.0532. The Morgan fingerprint density at radius 3 is 2.54 bits per heavy atom. The van der Waals surface area contributed by atoms with E-state index < -0.39 is 11.9 Å². The van der Waals surface area contributed by atoms with Gasteiger partial charge in [-0.2, -0.15) is 0 Å². The largest absolute Gasteiger partial charge is 0.483 e. The molecule has 1 saturated heterocycles. The number of aryl methyl sites for hydroxylation is 1. The number of rotatable bonds is 8. The number of nitrogens with two attached hydrogens (primary N) is 1. The van der Waals surface area contributed by atoms with Gasteiger partial charge in [0.15, 0.2) is 17.5 Å². The maximum atomic E-state index is 14.0. The normalized spacial score (nSPS) is 19.6. The summed E-state index contributed by atoms with van der Waals surface area (Å²) in [4.78, 5) is 34.4. The summed E-state index contributed by atoms with van der Waals surface area (Å²) < 4.78 is 6.09. The fraction of sp³-hybridized carbons (Fsp3) is 0.250. The summed E-state index contributed by atoms with van der Waals surface area (Å²) in [6.07, 6.45) is 1.98. The van der Waals surface area contributed by atoms with Crippen LogP contribution in [0.5, 0.6) is 5.75 Å². The Labute approximate surface area is 204 Å². The molecular formula is C28H29N4O3+. The van der Waals surface area contributed by atoms with Gasteiger partial charge in [-0.05, 0) is 23.8 Å². The fourth-order valence-electron chi connectivity index (χ4n) is 5.18. The van der Waals surface area contributed by atoms with Crippen molar-refractivity contribution < 1.29 is 14.3 Å². The Kier molecular flexibility index (Phi) is 6.33. The van der Waals surface area contributed by atoms with E-state index in [9.17, 15) is 9.59 Å². The molecule has 2 heterocycles. The van der Waals surface area contributed by atoms with Gasteiger partial charge in [0.25, 0.3) is 5.91 Å². The summed E-state index contributed by atoms with van der Waals surface area (Å²) in [6.45, 7) is 0.880. The molecule has 0 spiro atoms. The third-order valence-corrected chi connectivity index (χ3v) is 6.84. The number of likely N-dealkylation sites (tertiary alicyclic amines) is 1. The minimum Gasteiger partial charge on any atom is -0.483 e. The van der Waals surface area contributed by atoms with Crippen molar-refractivity contribution in [3.63, 3.8) is 0 Å². The second-order valence-electron chi connectivity index (χ2n) is 8.99. The molecule has 7 heteroatoms. The molecule has 0 aliphatic carbocycles. The van der Waals surface area contributed by atoms with Gasteiger partial charge in [-0.3, -0.25) is 4.79 Å². The average Bonchev–Trinajstić information content (AvgIpc) is 3.52. The van der Waals surface area contributed by atoms with Crippen LogP contribution in [0.3, 0.4) is 0 Å². The number of hydrogen-bond donors (Lipinski definition) is 2. The molecule has 4 aromatic rings. The van der Waals surface area contributed by atoms with Gasteiger partial charge in [0, 0.05) is 25.3 Å². The van der Waals surface area contributed by atoms with Crippen molar-refractivity contribution in [1.29, 1.82) is 0 Å². The quantitative estimate of drug-likeness (QED) is 0.377. The van der Waals surface area contributed by atoms with Crippen LogP contribution in [0.1, 0.15) is 30.7 Å². The lowest BCUT2D eigenvalue weighted by Gasteiger charge is -2.36. The Balaban J connectivity index is 1.45. The molecule has 1 aromatic heterocycles. The van der Waals surface area contributed by atoms with Crippen LogP contribution in [0.4, 0.5) is 5.69 Å². The molecule has 0 radical (unpaired) electrons. The summed E-state index contributed by atoms with van der Waals surface area (Å²) in [7, 11) is 0. The number of aromatic nitrogens is 2. The van der Waals surface area contributed by atoms with E-state index in [4.69, 9.17) is 10.5 Å². The van der Waals surface area contributed by atoms with Crippen molar-refractivity contribution in [1.82, 2.24) is 14.5 Å². The summed E-state index contributed by atoms with van der Waals surface area (Å²) in [5.74, 6) is 0.836. The Morgan fingerprint density at radius 2 is 1.74 bits per heavy atom. The second-order valence-corrected chi connectivity index (χ2v) is 8.99. The van der Waals surface area contributed by atoms with Crippen molar-refractivity contribution in [3.05, 3.63) is 90.3 Å². The smallest absolute Gasteiger partial charge is 0.319 e. The number of aromatic amines is 1. The fourth-order valence-corrected chi connectivity index (χ4v) is 5.18. The van der Waals surface area contributed by atoms with Gasteiger partial charge >= 0.3 is 5.91 Å². The molecule has 0 saturated carbocycles. The number of ether oxygens (including phenoxy) is 1. The van der Waals surface area contributed by atoms with E-state index in [1.807, 2.05) is 78.9 Å². The van der Waals surface area contributed by atoms with Crippen LogP contribution in [0.25, 0.3) is 11.0 Å². The van der Waals surface area contributed by atoms with Crippen LogP contribution < -0.4 is 15.0 Å². The van der Waals surface area contributed by atoms with Crippen molar-refractivity contribution in [2.45, 2.75) is 38.3 Å². The molecule has 2 amide bonds. The molecule has 1 unspecified atom stereocenters. The van der Waals surface area contributed by atoms with Crippen molar-refractivity contribution in [2.24, 2.45) is 5.73 Å². The van der Waals surface area contributed by atoms with Crippen LogP contribution in [-0.2, 0) is 22.6 Å². The molecule has 7 nitrogen and oxygen atoms in total. The Morgan fingerprint density at radius 1 is 1.00 bits per heavy atom. The topological polar surface area (TPSA) is 98.1 Å². The first-order valence-corrected chi connectivity index (χ1v) is 12.0. The van der Waals surface area contributed by atoms with E-state index in [0.29, 0.717) is 37.4 Å². The number of imidazole rings is 1. The highest BCUT2D eigenvalue weighted by Crippen LogP contribution is 2.42. The van der Waals surface area contributed by atoms with E-state index in [-0.39, 0.29) is 16.8 Å². The van der Waals surface area contributed by atoms with Crippen molar-refractivity contribution in [2.75, 3.05) is 6.54 Å². The van der Waals surface area contributed by atoms with E-state index in [2.05, 4.69) is 9.97 Å². The molecule has 35 heavy (non-hydrogen) atoms. The van der Waals surface area contributed by atoms with E-state index in [0.717, 1.165) is 28.8 Å². The highest BCUT2D eigenvalue weighted by molar-refractivity contribution is 5.97. The summed E-state index contributed by atoms with van der Waals surface area (Å²) in [5.41, 5.74) is 9.39.